The largest absolute Gasteiger partial charge is 0.483 e. The molecule has 3 rings (SSSR count). The summed E-state index contributed by atoms with van der Waals surface area (Å²) in [5, 5.41) is 12.3. The molecule has 1 aromatic heterocycles. The fourth-order valence-corrected chi connectivity index (χ4v) is 4.10. The first-order valence-corrected chi connectivity index (χ1v) is 11.6. The number of nitrogens with one attached hydrogen (secondary N) is 1. The van der Waals surface area contributed by atoms with Crippen molar-refractivity contribution >= 4 is 33.6 Å². The Labute approximate surface area is 189 Å². The minimum absolute atomic E-state index is 0.0392. The Morgan fingerprint density at radius 1 is 1.13 bits per heavy atom. The van der Waals surface area contributed by atoms with Gasteiger partial charge in [0.15, 0.2) is 17.1 Å². The van der Waals surface area contributed by atoms with Crippen LogP contribution < -0.4 is 10.1 Å². The van der Waals surface area contributed by atoms with Gasteiger partial charge in [0.1, 0.15) is 5.75 Å². The van der Waals surface area contributed by atoms with Crippen molar-refractivity contribution in [2.24, 2.45) is 0 Å². The van der Waals surface area contributed by atoms with E-state index in [9.17, 15) is 4.79 Å². The zero-order valence-corrected chi connectivity index (χ0v) is 19.6. The van der Waals surface area contributed by atoms with Crippen LogP contribution in [0.3, 0.4) is 0 Å². The van der Waals surface area contributed by atoms with Crippen LogP contribution in [0.5, 0.6) is 5.75 Å². The number of ether oxygens (including phenoxy) is 1. The Bertz CT molecular complexity index is 963. The van der Waals surface area contributed by atoms with Crippen LogP contribution in [0, 0.1) is 0 Å². The van der Waals surface area contributed by atoms with Crippen molar-refractivity contribution in [3.8, 4) is 5.75 Å². The summed E-state index contributed by atoms with van der Waals surface area (Å²) in [6, 6.07) is 17.5. The van der Waals surface area contributed by atoms with Crippen molar-refractivity contribution in [1.29, 1.82) is 0 Å². The highest BCUT2D eigenvalue weighted by Gasteiger charge is 2.20. The Morgan fingerprint density at radius 3 is 2.50 bits per heavy atom. The lowest BCUT2D eigenvalue weighted by molar-refractivity contribution is -0.119. The van der Waals surface area contributed by atoms with E-state index in [2.05, 4.69) is 31.4 Å². The van der Waals surface area contributed by atoms with E-state index in [1.165, 1.54) is 11.8 Å². The fraction of sp³-hybridized carbons (Fsp3) is 0.318. The minimum Gasteiger partial charge on any atom is -0.483 e. The summed E-state index contributed by atoms with van der Waals surface area (Å²) in [6.45, 7) is 6.65. The van der Waals surface area contributed by atoms with Gasteiger partial charge in [0.25, 0.3) is 0 Å². The molecule has 0 bridgehead atoms. The Kier molecular flexibility index (Phi) is 7.93. The number of nitrogens with zero attached hydrogens (tertiary/aromatic N) is 3. The maximum Gasteiger partial charge on any atom is 0.230 e. The standard InChI is InChI=1S/C22H25BrN4O2S/c1-4-27-21(16(3)29-19-12-10-18(23)11-13-19)25-26-22(27)30-14-20(28)24-15(2)17-8-6-5-7-9-17/h5-13,15-16H,4,14H2,1-3H3,(H,24,28). The molecule has 1 heterocycles. The Morgan fingerprint density at radius 2 is 1.83 bits per heavy atom. The number of hydrogen-bond acceptors (Lipinski definition) is 5. The van der Waals surface area contributed by atoms with Gasteiger partial charge in [-0.15, -0.1) is 10.2 Å². The summed E-state index contributed by atoms with van der Waals surface area (Å²) >= 11 is 4.80. The molecule has 158 valence electrons. The molecular formula is C22H25BrN4O2S. The maximum absolute atomic E-state index is 12.4. The summed E-state index contributed by atoms with van der Waals surface area (Å²) in [5.74, 6) is 1.74. The molecular weight excluding hydrogens is 464 g/mol. The molecule has 0 aliphatic rings. The van der Waals surface area contributed by atoms with Gasteiger partial charge in [-0.3, -0.25) is 4.79 Å². The number of rotatable bonds is 9. The van der Waals surface area contributed by atoms with Gasteiger partial charge in [-0.25, -0.2) is 0 Å². The number of carbonyl (C=O) groups excluding carboxylic acids is 1. The van der Waals surface area contributed by atoms with Gasteiger partial charge in [-0.2, -0.15) is 0 Å². The van der Waals surface area contributed by atoms with Gasteiger partial charge < -0.3 is 14.6 Å². The van der Waals surface area contributed by atoms with Crippen molar-refractivity contribution < 1.29 is 9.53 Å². The third-order valence-electron chi connectivity index (χ3n) is 4.56. The summed E-state index contributed by atoms with van der Waals surface area (Å²) in [6.07, 6.45) is -0.264. The number of amides is 1. The average molecular weight is 489 g/mol. The highest BCUT2D eigenvalue weighted by Crippen LogP contribution is 2.25. The second-order valence-electron chi connectivity index (χ2n) is 6.79. The number of halogens is 1. The van der Waals surface area contributed by atoms with E-state index in [-0.39, 0.29) is 23.8 Å². The molecule has 0 radical (unpaired) electrons. The summed E-state index contributed by atoms with van der Waals surface area (Å²) in [4.78, 5) is 12.4. The van der Waals surface area contributed by atoms with E-state index in [1.807, 2.05) is 79.9 Å². The highest BCUT2D eigenvalue weighted by molar-refractivity contribution is 9.10. The molecule has 2 unspecified atom stereocenters. The molecule has 8 heteroatoms. The predicted molar refractivity (Wildman–Crippen MR) is 123 cm³/mol. The number of thioether (sulfide) groups is 1. The molecule has 2 aromatic carbocycles. The lowest BCUT2D eigenvalue weighted by Crippen LogP contribution is -2.28. The van der Waals surface area contributed by atoms with E-state index in [0.717, 1.165) is 21.6 Å². The number of benzene rings is 2. The molecule has 2 atom stereocenters. The molecule has 1 N–H and O–H groups in total. The fourth-order valence-electron chi connectivity index (χ4n) is 3.01. The van der Waals surface area contributed by atoms with Crippen LogP contribution in [0.15, 0.2) is 64.2 Å². The first-order valence-electron chi connectivity index (χ1n) is 9.80. The van der Waals surface area contributed by atoms with Crippen molar-refractivity contribution in [2.45, 2.75) is 44.6 Å². The molecule has 30 heavy (non-hydrogen) atoms. The van der Waals surface area contributed by atoms with Crippen LogP contribution in [0.25, 0.3) is 0 Å². The minimum atomic E-state index is -0.264. The third kappa shape index (κ3) is 5.86. The normalized spacial score (nSPS) is 12.9. The zero-order chi connectivity index (χ0) is 21.5. The second kappa shape index (κ2) is 10.6. The number of hydrogen-bond donors (Lipinski definition) is 1. The summed E-state index contributed by atoms with van der Waals surface area (Å²) in [7, 11) is 0. The van der Waals surface area contributed by atoms with Gasteiger partial charge >= 0.3 is 0 Å². The molecule has 0 aliphatic carbocycles. The van der Waals surface area contributed by atoms with Gasteiger partial charge in [0, 0.05) is 11.0 Å². The zero-order valence-electron chi connectivity index (χ0n) is 17.2. The molecule has 0 aliphatic heterocycles. The number of carbonyl (C=O) groups is 1. The quantitative estimate of drug-likeness (QED) is 0.420. The van der Waals surface area contributed by atoms with E-state index in [4.69, 9.17) is 4.74 Å². The van der Waals surface area contributed by atoms with Crippen molar-refractivity contribution in [2.75, 3.05) is 5.75 Å². The van der Waals surface area contributed by atoms with Gasteiger partial charge in [0.2, 0.25) is 5.91 Å². The molecule has 0 saturated carbocycles. The molecule has 6 nitrogen and oxygen atoms in total. The summed E-state index contributed by atoms with van der Waals surface area (Å²) < 4.78 is 8.99. The second-order valence-corrected chi connectivity index (χ2v) is 8.65. The smallest absolute Gasteiger partial charge is 0.230 e. The van der Waals surface area contributed by atoms with E-state index in [0.29, 0.717) is 11.7 Å². The van der Waals surface area contributed by atoms with Crippen LogP contribution in [-0.2, 0) is 11.3 Å². The topological polar surface area (TPSA) is 69.0 Å². The van der Waals surface area contributed by atoms with Crippen molar-refractivity contribution in [1.82, 2.24) is 20.1 Å². The van der Waals surface area contributed by atoms with Crippen LogP contribution in [0.2, 0.25) is 0 Å². The monoisotopic (exact) mass is 488 g/mol. The van der Waals surface area contributed by atoms with E-state index >= 15 is 0 Å². The average Bonchev–Trinajstić information content (AvgIpc) is 3.17. The van der Waals surface area contributed by atoms with Crippen molar-refractivity contribution in [3.05, 3.63) is 70.5 Å². The van der Waals surface area contributed by atoms with Gasteiger partial charge in [-0.05, 0) is 50.6 Å². The summed E-state index contributed by atoms with van der Waals surface area (Å²) in [5.41, 5.74) is 1.08. The highest BCUT2D eigenvalue weighted by atomic mass is 79.9. The number of aromatic nitrogens is 3. The van der Waals surface area contributed by atoms with E-state index in [1.54, 1.807) is 0 Å². The van der Waals surface area contributed by atoms with Crippen LogP contribution in [0.4, 0.5) is 0 Å². The molecule has 1 amide bonds. The van der Waals surface area contributed by atoms with Gasteiger partial charge in [-0.1, -0.05) is 58.0 Å². The Hall–Kier alpha value is -2.32. The van der Waals surface area contributed by atoms with Gasteiger partial charge in [0.05, 0.1) is 11.8 Å². The molecule has 0 saturated heterocycles. The van der Waals surface area contributed by atoms with Crippen LogP contribution in [0.1, 0.15) is 44.3 Å². The first kappa shape index (κ1) is 22.4. The molecule has 0 fully saturated rings. The third-order valence-corrected chi connectivity index (χ3v) is 6.06. The van der Waals surface area contributed by atoms with Crippen molar-refractivity contribution in [3.63, 3.8) is 0 Å². The maximum atomic E-state index is 12.4. The molecule has 3 aromatic rings. The van der Waals surface area contributed by atoms with Crippen LogP contribution >= 0.6 is 27.7 Å². The Balaban J connectivity index is 1.59. The van der Waals surface area contributed by atoms with Crippen LogP contribution in [-0.4, -0.2) is 26.4 Å². The van der Waals surface area contributed by atoms with E-state index < -0.39 is 0 Å². The lowest BCUT2D eigenvalue weighted by atomic mass is 10.1. The predicted octanol–water partition coefficient (Wildman–Crippen LogP) is 5.17. The molecule has 0 spiro atoms. The lowest BCUT2D eigenvalue weighted by Gasteiger charge is -2.16. The SMILES string of the molecule is CCn1c(SCC(=O)NC(C)c2ccccc2)nnc1C(C)Oc1ccc(Br)cc1. The first-order chi connectivity index (χ1) is 14.5.